The van der Waals surface area contributed by atoms with Gasteiger partial charge in [0.15, 0.2) is 0 Å². The van der Waals surface area contributed by atoms with E-state index in [0.717, 1.165) is 16.7 Å². The van der Waals surface area contributed by atoms with Crippen molar-refractivity contribution in [2.75, 3.05) is 13.7 Å². The maximum Gasteiger partial charge on any atom is 0.337 e. The fourth-order valence-corrected chi connectivity index (χ4v) is 5.51. The number of fused-ring (bicyclic) bond motifs is 1. The summed E-state index contributed by atoms with van der Waals surface area (Å²) in [6.45, 7) is 0.880. The molecule has 0 spiro atoms. The molecule has 1 heterocycles. The molecular weight excluding hydrogens is 466 g/mol. The summed E-state index contributed by atoms with van der Waals surface area (Å²) in [6.07, 6.45) is 0.630. The number of nitrogens with two attached hydrogens (primary N) is 1. The smallest absolute Gasteiger partial charge is 0.337 e. The van der Waals surface area contributed by atoms with E-state index in [1.54, 1.807) is 42.5 Å². The van der Waals surface area contributed by atoms with E-state index in [1.807, 2.05) is 24.3 Å². The van der Waals surface area contributed by atoms with Crippen LogP contribution in [0, 0.1) is 0 Å². The molecule has 35 heavy (non-hydrogen) atoms. The summed E-state index contributed by atoms with van der Waals surface area (Å²) in [5.41, 5.74) is 10.2. The average molecular weight is 494 g/mol. The van der Waals surface area contributed by atoms with Gasteiger partial charge in [0.05, 0.1) is 12.7 Å². The van der Waals surface area contributed by atoms with Crippen LogP contribution in [0.4, 0.5) is 0 Å². The molecule has 3 aromatic rings. The molecule has 3 aromatic carbocycles. The van der Waals surface area contributed by atoms with Crippen LogP contribution >= 0.6 is 0 Å². The van der Waals surface area contributed by atoms with Crippen molar-refractivity contribution in [3.63, 3.8) is 0 Å². The molecule has 1 amide bonds. The molecule has 4 rings (SSSR count). The lowest BCUT2D eigenvalue weighted by atomic mass is 10.0. The zero-order valence-corrected chi connectivity index (χ0v) is 20.1. The minimum absolute atomic E-state index is 0.238. The lowest BCUT2D eigenvalue weighted by Gasteiger charge is -2.30. The summed E-state index contributed by atoms with van der Waals surface area (Å²) in [7, 11) is -2.51. The normalized spacial score (nSPS) is 14.6. The number of nitrogens with zero attached hydrogens (tertiary/aromatic N) is 1. The SMILES string of the molecule is COC(=O)c1ccc(CNC(=O)c2cccc(C(N)S(=O)(=O)N3CCc4ccccc4C3)c2)cc1. The number of hydrogen-bond acceptors (Lipinski definition) is 6. The maximum atomic E-state index is 13.3. The van der Waals surface area contributed by atoms with Gasteiger partial charge in [-0.15, -0.1) is 0 Å². The summed E-state index contributed by atoms with van der Waals surface area (Å²) >= 11 is 0. The lowest BCUT2D eigenvalue weighted by molar-refractivity contribution is 0.0600. The van der Waals surface area contributed by atoms with E-state index in [1.165, 1.54) is 17.5 Å². The van der Waals surface area contributed by atoms with E-state index < -0.39 is 21.4 Å². The van der Waals surface area contributed by atoms with Gasteiger partial charge in [-0.3, -0.25) is 4.79 Å². The van der Waals surface area contributed by atoms with Gasteiger partial charge in [0.25, 0.3) is 5.91 Å². The number of rotatable bonds is 7. The lowest BCUT2D eigenvalue weighted by Crippen LogP contribution is -2.41. The summed E-state index contributed by atoms with van der Waals surface area (Å²) < 4.78 is 32.6. The quantitative estimate of drug-likeness (QED) is 0.489. The molecular formula is C26H27N3O5S. The van der Waals surface area contributed by atoms with E-state index in [2.05, 4.69) is 10.1 Å². The van der Waals surface area contributed by atoms with Gasteiger partial charge in [-0.2, -0.15) is 4.31 Å². The second-order valence-electron chi connectivity index (χ2n) is 8.31. The molecule has 1 aliphatic heterocycles. The van der Waals surface area contributed by atoms with Crippen LogP contribution < -0.4 is 11.1 Å². The largest absolute Gasteiger partial charge is 0.465 e. The molecule has 0 fully saturated rings. The Balaban J connectivity index is 1.43. The zero-order chi connectivity index (χ0) is 25.0. The minimum atomic E-state index is -3.83. The number of benzene rings is 3. The topological polar surface area (TPSA) is 119 Å². The molecule has 3 N–H and O–H groups in total. The predicted molar refractivity (Wildman–Crippen MR) is 132 cm³/mol. The molecule has 0 bridgehead atoms. The zero-order valence-electron chi connectivity index (χ0n) is 19.3. The number of ether oxygens (including phenoxy) is 1. The molecule has 8 nitrogen and oxygen atoms in total. The van der Waals surface area contributed by atoms with Crippen LogP contribution in [-0.4, -0.2) is 38.3 Å². The van der Waals surface area contributed by atoms with Gasteiger partial charge in [0, 0.05) is 25.2 Å². The number of amides is 1. The molecule has 0 saturated heterocycles. The number of methoxy groups -OCH3 is 1. The highest BCUT2D eigenvalue weighted by Gasteiger charge is 2.33. The van der Waals surface area contributed by atoms with Crippen molar-refractivity contribution in [1.29, 1.82) is 0 Å². The van der Waals surface area contributed by atoms with Crippen LogP contribution in [0.15, 0.2) is 72.8 Å². The third kappa shape index (κ3) is 5.43. The highest BCUT2D eigenvalue weighted by molar-refractivity contribution is 7.89. The first-order chi connectivity index (χ1) is 16.8. The van der Waals surface area contributed by atoms with Crippen LogP contribution in [0.3, 0.4) is 0 Å². The van der Waals surface area contributed by atoms with E-state index in [9.17, 15) is 18.0 Å². The van der Waals surface area contributed by atoms with Crippen LogP contribution in [0.25, 0.3) is 0 Å². The fraction of sp³-hybridized carbons (Fsp3) is 0.231. The van der Waals surface area contributed by atoms with Crippen LogP contribution in [0.1, 0.15) is 48.3 Å². The second-order valence-corrected chi connectivity index (χ2v) is 10.4. The van der Waals surface area contributed by atoms with Crippen molar-refractivity contribution in [3.05, 3.63) is 106 Å². The third-order valence-corrected chi connectivity index (χ3v) is 8.03. The standard InChI is InChI=1S/C26H27N3O5S/c1-34-26(31)20-11-9-18(10-12-20)16-28-25(30)22-8-4-7-21(15-22)24(27)35(32,33)29-14-13-19-5-2-3-6-23(19)17-29/h2-12,15,24H,13-14,16-17,27H2,1H3,(H,28,30). The number of nitrogens with one attached hydrogen (secondary N) is 1. The van der Waals surface area contributed by atoms with Gasteiger partial charge in [0.2, 0.25) is 10.0 Å². The Morgan fingerprint density at radius 3 is 2.43 bits per heavy atom. The van der Waals surface area contributed by atoms with Crippen molar-refractivity contribution < 1.29 is 22.7 Å². The van der Waals surface area contributed by atoms with E-state index in [0.29, 0.717) is 29.7 Å². The van der Waals surface area contributed by atoms with E-state index in [4.69, 9.17) is 5.73 Å². The summed E-state index contributed by atoms with van der Waals surface area (Å²) in [5.74, 6) is -0.794. The monoisotopic (exact) mass is 493 g/mol. The Bertz CT molecular complexity index is 1340. The second kappa shape index (κ2) is 10.4. The van der Waals surface area contributed by atoms with Gasteiger partial charge in [-0.25, -0.2) is 13.2 Å². The molecule has 1 aliphatic rings. The number of hydrogen-bond donors (Lipinski definition) is 2. The van der Waals surface area contributed by atoms with Crippen molar-refractivity contribution >= 4 is 21.9 Å². The van der Waals surface area contributed by atoms with Gasteiger partial charge in [0.1, 0.15) is 5.37 Å². The molecule has 0 aromatic heterocycles. The highest BCUT2D eigenvalue weighted by atomic mass is 32.2. The van der Waals surface area contributed by atoms with Crippen molar-refractivity contribution in [2.24, 2.45) is 5.73 Å². The molecule has 182 valence electrons. The molecule has 1 unspecified atom stereocenters. The molecule has 0 saturated carbocycles. The van der Waals surface area contributed by atoms with E-state index in [-0.39, 0.29) is 19.0 Å². The Kier molecular flexibility index (Phi) is 7.30. The molecule has 0 radical (unpaired) electrons. The van der Waals surface area contributed by atoms with E-state index >= 15 is 0 Å². The molecule has 9 heteroatoms. The van der Waals surface area contributed by atoms with Crippen molar-refractivity contribution in [1.82, 2.24) is 9.62 Å². The first-order valence-electron chi connectivity index (χ1n) is 11.2. The average Bonchev–Trinajstić information content (AvgIpc) is 2.90. The van der Waals surface area contributed by atoms with Gasteiger partial charge < -0.3 is 15.8 Å². The Morgan fingerprint density at radius 1 is 1.00 bits per heavy atom. The Labute approximate surface area is 204 Å². The number of esters is 1. The highest BCUT2D eigenvalue weighted by Crippen LogP contribution is 2.27. The maximum absolute atomic E-state index is 13.3. The number of sulfonamides is 1. The first-order valence-corrected chi connectivity index (χ1v) is 12.7. The van der Waals surface area contributed by atoms with Gasteiger partial charge >= 0.3 is 5.97 Å². The van der Waals surface area contributed by atoms with Gasteiger partial charge in [-0.05, 0) is 52.9 Å². The number of carbonyl (C=O) groups is 2. The molecule has 1 atom stereocenters. The van der Waals surface area contributed by atoms with Crippen LogP contribution in [-0.2, 0) is 34.3 Å². The van der Waals surface area contributed by atoms with Crippen LogP contribution in [0.2, 0.25) is 0 Å². The first kappa shape index (κ1) is 24.6. The van der Waals surface area contributed by atoms with Crippen molar-refractivity contribution in [3.8, 4) is 0 Å². The van der Waals surface area contributed by atoms with Crippen molar-refractivity contribution in [2.45, 2.75) is 24.9 Å². The Morgan fingerprint density at radius 2 is 1.71 bits per heavy atom. The van der Waals surface area contributed by atoms with Crippen LogP contribution in [0.5, 0.6) is 0 Å². The van der Waals surface area contributed by atoms with Gasteiger partial charge in [-0.1, -0.05) is 48.5 Å². The summed E-state index contributed by atoms with van der Waals surface area (Å²) in [4.78, 5) is 24.3. The third-order valence-electron chi connectivity index (χ3n) is 6.08. The minimum Gasteiger partial charge on any atom is -0.465 e. The molecule has 0 aliphatic carbocycles. The Hall–Kier alpha value is -3.53. The fourth-order valence-electron chi connectivity index (χ4n) is 4.04. The summed E-state index contributed by atoms with van der Waals surface area (Å²) in [5, 5.41) is 1.52. The predicted octanol–water partition coefficient (Wildman–Crippen LogP) is 2.75. The number of carbonyl (C=O) groups excluding carboxylic acids is 2. The summed E-state index contributed by atoms with van der Waals surface area (Å²) in [6, 6.07) is 20.8.